The van der Waals surface area contributed by atoms with Crippen LogP contribution in [0.25, 0.3) is 21.8 Å². The van der Waals surface area contributed by atoms with E-state index in [9.17, 15) is 4.79 Å². The van der Waals surface area contributed by atoms with Gasteiger partial charge in [-0.2, -0.15) is 0 Å². The van der Waals surface area contributed by atoms with Crippen molar-refractivity contribution in [3.05, 3.63) is 59.6 Å². The highest BCUT2D eigenvalue weighted by molar-refractivity contribution is 9.11. The van der Waals surface area contributed by atoms with Crippen LogP contribution in [0.3, 0.4) is 0 Å². The fourth-order valence-corrected chi connectivity index (χ4v) is 2.52. The molecule has 0 fully saturated rings. The molecule has 0 unspecified atom stereocenters. The van der Waals surface area contributed by atoms with E-state index >= 15 is 0 Å². The number of carbonyl (C=O) groups is 1. The number of halogens is 1. The number of aromatic nitrogens is 1. The summed E-state index contributed by atoms with van der Waals surface area (Å²) in [4.78, 5) is 18.4. The lowest BCUT2D eigenvalue weighted by molar-refractivity contribution is 0.253. The Hall–Kier alpha value is -2.40. The van der Waals surface area contributed by atoms with Crippen LogP contribution in [0.1, 0.15) is 0 Å². The minimum atomic E-state index is -0.243. The third kappa shape index (κ3) is 2.94. The average Bonchev–Trinajstić information content (AvgIpc) is 2.55. The molecule has 1 aromatic heterocycles. The lowest BCUT2D eigenvalue weighted by Crippen LogP contribution is -2.28. The van der Waals surface area contributed by atoms with Crippen LogP contribution in [-0.2, 0) is 0 Å². The van der Waals surface area contributed by atoms with E-state index in [4.69, 9.17) is 0 Å². The van der Waals surface area contributed by atoms with Crippen LogP contribution in [-0.4, -0.2) is 17.6 Å². The van der Waals surface area contributed by atoms with E-state index in [0.29, 0.717) is 6.54 Å². The summed E-state index contributed by atoms with van der Waals surface area (Å²) in [5.41, 5.74) is 2.50. The molecule has 0 bridgehead atoms. The number of rotatable bonds is 3. The van der Waals surface area contributed by atoms with Crippen LogP contribution in [0.15, 0.2) is 59.6 Å². The minimum Gasteiger partial charge on any atom is -0.334 e. The van der Waals surface area contributed by atoms with Crippen LogP contribution in [0.4, 0.5) is 10.5 Å². The highest BCUT2D eigenvalue weighted by Crippen LogP contribution is 2.30. The number of urea groups is 1. The van der Waals surface area contributed by atoms with Gasteiger partial charge in [-0.05, 0) is 17.1 Å². The highest BCUT2D eigenvalue weighted by Gasteiger charge is 2.10. The van der Waals surface area contributed by atoms with Gasteiger partial charge in [0.25, 0.3) is 0 Å². The minimum absolute atomic E-state index is 0.243. The lowest BCUT2D eigenvalue weighted by atomic mass is 10.1. The van der Waals surface area contributed by atoms with Crippen LogP contribution in [0, 0.1) is 0 Å². The van der Waals surface area contributed by atoms with Crippen molar-refractivity contribution in [1.82, 2.24) is 10.3 Å². The molecule has 0 aliphatic rings. The van der Waals surface area contributed by atoms with Crippen molar-refractivity contribution >= 4 is 49.5 Å². The van der Waals surface area contributed by atoms with Crippen molar-refractivity contribution in [2.75, 3.05) is 11.9 Å². The molecule has 3 aromatic rings. The predicted octanol–water partition coefficient (Wildman–Crippen LogP) is 4.42. The molecule has 0 saturated heterocycles. The van der Waals surface area contributed by atoms with Crippen LogP contribution < -0.4 is 10.6 Å². The van der Waals surface area contributed by atoms with E-state index < -0.39 is 0 Å². The average molecular weight is 356 g/mol. The molecule has 4 nitrogen and oxygen atoms in total. The van der Waals surface area contributed by atoms with Crippen LogP contribution in [0.5, 0.6) is 0 Å². The Morgan fingerprint density at radius 1 is 1.05 bits per heavy atom. The fourth-order valence-electron chi connectivity index (χ4n) is 2.33. The van der Waals surface area contributed by atoms with Gasteiger partial charge in [-0.15, -0.1) is 0 Å². The van der Waals surface area contributed by atoms with Crippen molar-refractivity contribution in [1.29, 1.82) is 0 Å². The monoisotopic (exact) mass is 355 g/mol. The number of carbonyl (C=O) groups excluding carboxylic acids is 1. The molecule has 0 radical (unpaired) electrons. The van der Waals surface area contributed by atoms with E-state index in [1.54, 1.807) is 4.99 Å². The molecule has 110 valence electrons. The Morgan fingerprint density at radius 2 is 1.64 bits per heavy atom. The molecule has 0 atom stereocenters. The number of nitrogens with one attached hydrogen (secondary N) is 2. The fraction of sp³-hybridized carbons (Fsp3) is 0.0588. The topological polar surface area (TPSA) is 54.0 Å². The van der Waals surface area contributed by atoms with Gasteiger partial charge in [0.2, 0.25) is 0 Å². The molecular formula is C17H14BrN3O. The Kier molecular flexibility index (Phi) is 4.34. The number of benzene rings is 2. The van der Waals surface area contributed by atoms with E-state index in [1.165, 1.54) is 0 Å². The molecular weight excluding hydrogens is 342 g/mol. The molecule has 2 amide bonds. The van der Waals surface area contributed by atoms with Crippen molar-refractivity contribution in [3.8, 4) is 0 Å². The first kappa shape index (κ1) is 14.5. The standard InChI is InChI=1S/C17H14BrN3O/c18-10-5-11-19-17(22)21-16-12-6-1-3-8-14(12)20-15-9-4-2-7-13(15)16/h1-10H,11H2,(H2,19,20,21,22)/b10-5-. The van der Waals surface area contributed by atoms with Crippen molar-refractivity contribution in [3.63, 3.8) is 0 Å². The zero-order valence-electron chi connectivity index (χ0n) is 11.7. The predicted molar refractivity (Wildman–Crippen MR) is 94.3 cm³/mol. The summed E-state index contributed by atoms with van der Waals surface area (Å²) in [7, 11) is 0. The molecule has 0 aliphatic carbocycles. The third-order valence-electron chi connectivity index (χ3n) is 3.30. The molecule has 0 aliphatic heterocycles. The van der Waals surface area contributed by atoms with E-state index in [-0.39, 0.29) is 6.03 Å². The van der Waals surface area contributed by atoms with Gasteiger partial charge in [0.15, 0.2) is 0 Å². The van der Waals surface area contributed by atoms with Crippen LogP contribution >= 0.6 is 15.9 Å². The Labute approximate surface area is 136 Å². The molecule has 0 saturated carbocycles. The van der Waals surface area contributed by atoms with Gasteiger partial charge in [-0.25, -0.2) is 9.78 Å². The first-order valence-corrected chi connectivity index (χ1v) is 7.79. The molecule has 2 N–H and O–H groups in total. The van der Waals surface area contributed by atoms with Gasteiger partial charge in [0.1, 0.15) is 0 Å². The summed E-state index contributed by atoms with van der Waals surface area (Å²) in [5, 5.41) is 7.57. The first-order chi connectivity index (χ1) is 10.8. The van der Waals surface area contributed by atoms with Crippen molar-refractivity contribution in [2.24, 2.45) is 0 Å². The number of hydrogen-bond donors (Lipinski definition) is 2. The molecule has 0 spiro atoms. The lowest BCUT2D eigenvalue weighted by Gasteiger charge is -2.12. The maximum absolute atomic E-state index is 12.1. The van der Waals surface area contributed by atoms with Gasteiger partial charge >= 0.3 is 6.03 Å². The maximum Gasteiger partial charge on any atom is 0.319 e. The zero-order valence-corrected chi connectivity index (χ0v) is 13.3. The quantitative estimate of drug-likeness (QED) is 0.683. The van der Waals surface area contributed by atoms with Gasteiger partial charge < -0.3 is 10.6 Å². The zero-order chi connectivity index (χ0) is 15.4. The van der Waals surface area contributed by atoms with E-state index in [1.807, 2.05) is 54.6 Å². The van der Waals surface area contributed by atoms with Gasteiger partial charge in [-0.3, -0.25) is 0 Å². The van der Waals surface area contributed by atoms with E-state index in [0.717, 1.165) is 27.5 Å². The first-order valence-electron chi connectivity index (χ1n) is 6.87. The SMILES string of the molecule is O=C(NC/C=C\Br)Nc1c2ccccc2nc2ccccc12. The summed E-state index contributed by atoms with van der Waals surface area (Å²) in [6.07, 6.45) is 1.81. The summed E-state index contributed by atoms with van der Waals surface area (Å²) < 4.78 is 0. The van der Waals surface area contributed by atoms with Crippen molar-refractivity contribution < 1.29 is 4.79 Å². The number of hydrogen-bond acceptors (Lipinski definition) is 2. The van der Waals surface area contributed by atoms with E-state index in [2.05, 4.69) is 31.5 Å². The van der Waals surface area contributed by atoms with Gasteiger partial charge in [0, 0.05) is 17.3 Å². The highest BCUT2D eigenvalue weighted by atomic mass is 79.9. The molecule has 3 rings (SSSR count). The van der Waals surface area contributed by atoms with Crippen LogP contribution in [0.2, 0.25) is 0 Å². The summed E-state index contributed by atoms with van der Waals surface area (Å²) >= 11 is 3.17. The second-order valence-electron chi connectivity index (χ2n) is 4.72. The number of nitrogens with zero attached hydrogens (tertiary/aromatic N) is 1. The second kappa shape index (κ2) is 6.58. The number of fused-ring (bicyclic) bond motifs is 2. The number of anilines is 1. The van der Waals surface area contributed by atoms with Gasteiger partial charge in [-0.1, -0.05) is 58.4 Å². The number of amides is 2. The third-order valence-corrected chi connectivity index (χ3v) is 3.67. The summed E-state index contributed by atoms with van der Waals surface area (Å²) in [5.74, 6) is 0. The largest absolute Gasteiger partial charge is 0.334 e. The molecule has 5 heteroatoms. The Morgan fingerprint density at radius 3 is 2.23 bits per heavy atom. The summed E-state index contributed by atoms with van der Waals surface area (Å²) in [6, 6.07) is 15.3. The number of para-hydroxylation sites is 2. The summed E-state index contributed by atoms with van der Waals surface area (Å²) in [6.45, 7) is 0.456. The molecule has 22 heavy (non-hydrogen) atoms. The Bertz CT molecular complexity index is 807. The van der Waals surface area contributed by atoms with Crippen molar-refractivity contribution in [2.45, 2.75) is 0 Å². The Balaban J connectivity index is 2.06. The van der Waals surface area contributed by atoms with Gasteiger partial charge in [0.05, 0.1) is 16.7 Å². The molecule has 2 aromatic carbocycles. The second-order valence-corrected chi connectivity index (χ2v) is 5.25. The number of pyridine rings is 1. The smallest absolute Gasteiger partial charge is 0.319 e. The molecule has 1 heterocycles. The normalized spacial score (nSPS) is 11.1. The maximum atomic E-state index is 12.1.